The van der Waals surface area contributed by atoms with Crippen molar-refractivity contribution >= 4 is 23.2 Å². The van der Waals surface area contributed by atoms with Crippen molar-refractivity contribution in [3.63, 3.8) is 0 Å². The number of hydrogen-bond acceptors (Lipinski definition) is 1. The van der Waals surface area contributed by atoms with E-state index < -0.39 is 0 Å². The number of benzene rings is 1. The molecule has 3 heteroatoms. The second kappa shape index (κ2) is 6.79. The number of rotatable bonds is 3. The van der Waals surface area contributed by atoms with Gasteiger partial charge in [-0.3, -0.25) is 0 Å². The van der Waals surface area contributed by atoms with Gasteiger partial charge in [0.05, 0.1) is 17.5 Å². The van der Waals surface area contributed by atoms with E-state index in [1.54, 1.807) is 7.11 Å². The third-order valence-electron chi connectivity index (χ3n) is 4.90. The van der Waals surface area contributed by atoms with Crippen LogP contribution in [0.2, 0.25) is 5.02 Å². The Hall–Kier alpha value is -0.400. The Morgan fingerprint density at radius 3 is 2.24 bits per heavy atom. The van der Waals surface area contributed by atoms with Gasteiger partial charge in [0, 0.05) is 0 Å². The van der Waals surface area contributed by atoms with Crippen molar-refractivity contribution in [1.29, 1.82) is 0 Å². The first-order valence-corrected chi connectivity index (χ1v) is 8.62. The van der Waals surface area contributed by atoms with Gasteiger partial charge in [0.1, 0.15) is 5.75 Å². The van der Waals surface area contributed by atoms with Gasteiger partial charge < -0.3 is 4.74 Å². The van der Waals surface area contributed by atoms with Crippen LogP contribution in [-0.2, 0) is 0 Å². The highest BCUT2D eigenvalue weighted by Crippen LogP contribution is 2.46. The van der Waals surface area contributed by atoms with Gasteiger partial charge in [0.15, 0.2) is 0 Å². The average molecular weight is 329 g/mol. The molecule has 1 aromatic carbocycles. The van der Waals surface area contributed by atoms with E-state index in [1.807, 2.05) is 18.2 Å². The van der Waals surface area contributed by atoms with Gasteiger partial charge in [-0.05, 0) is 60.6 Å². The topological polar surface area (TPSA) is 9.23 Å². The molecule has 118 valence electrons. The molecule has 1 aliphatic carbocycles. The zero-order valence-electron chi connectivity index (χ0n) is 13.5. The fourth-order valence-electron chi connectivity index (χ4n) is 3.40. The second-order valence-electron chi connectivity index (χ2n) is 7.27. The lowest BCUT2D eigenvalue weighted by atomic mass is 9.69. The first-order chi connectivity index (χ1) is 9.82. The highest BCUT2D eigenvalue weighted by atomic mass is 35.5. The Morgan fingerprint density at radius 1 is 1.14 bits per heavy atom. The van der Waals surface area contributed by atoms with Gasteiger partial charge >= 0.3 is 0 Å². The molecule has 0 saturated heterocycles. The summed E-state index contributed by atoms with van der Waals surface area (Å²) in [6.45, 7) is 7.04. The van der Waals surface area contributed by atoms with E-state index in [2.05, 4.69) is 20.8 Å². The Bertz CT molecular complexity index is 471. The summed E-state index contributed by atoms with van der Waals surface area (Å²) in [5.41, 5.74) is 1.53. The van der Waals surface area contributed by atoms with Gasteiger partial charge in [-0.1, -0.05) is 38.4 Å². The van der Waals surface area contributed by atoms with E-state index in [-0.39, 0.29) is 5.38 Å². The molecular weight excluding hydrogens is 303 g/mol. The molecule has 0 bridgehead atoms. The summed E-state index contributed by atoms with van der Waals surface area (Å²) >= 11 is 12.9. The van der Waals surface area contributed by atoms with Crippen molar-refractivity contribution in [3.8, 4) is 5.75 Å². The van der Waals surface area contributed by atoms with Crippen LogP contribution in [-0.4, -0.2) is 7.11 Å². The van der Waals surface area contributed by atoms with Crippen molar-refractivity contribution < 1.29 is 4.74 Å². The van der Waals surface area contributed by atoms with Crippen LogP contribution in [0.25, 0.3) is 0 Å². The van der Waals surface area contributed by atoms with Crippen LogP contribution in [0.4, 0.5) is 0 Å². The summed E-state index contributed by atoms with van der Waals surface area (Å²) in [7, 11) is 1.63. The molecule has 1 fully saturated rings. The van der Waals surface area contributed by atoms with E-state index >= 15 is 0 Å². The standard InChI is InChI=1S/C18H26Cl2O/c1-18(2,3)14-8-5-12(6-9-14)17(20)13-7-10-16(21-4)15(19)11-13/h7,10-12,14,17H,5-6,8-9H2,1-4H3. The van der Waals surface area contributed by atoms with Gasteiger partial charge in [0.2, 0.25) is 0 Å². The van der Waals surface area contributed by atoms with Gasteiger partial charge in [-0.2, -0.15) is 0 Å². The van der Waals surface area contributed by atoms with Crippen molar-refractivity contribution in [2.75, 3.05) is 7.11 Å². The molecule has 0 aromatic heterocycles. The smallest absolute Gasteiger partial charge is 0.137 e. The van der Waals surface area contributed by atoms with E-state index in [1.165, 1.54) is 25.7 Å². The Morgan fingerprint density at radius 2 is 1.76 bits per heavy atom. The normalized spacial score (nSPS) is 24.7. The summed E-state index contributed by atoms with van der Waals surface area (Å²) in [4.78, 5) is 0. The maximum atomic E-state index is 6.72. The summed E-state index contributed by atoms with van der Waals surface area (Å²) in [6, 6.07) is 5.90. The Labute approximate surface area is 139 Å². The lowest BCUT2D eigenvalue weighted by Gasteiger charge is -2.38. The van der Waals surface area contributed by atoms with Crippen LogP contribution in [0, 0.1) is 17.3 Å². The van der Waals surface area contributed by atoms with Crippen LogP contribution < -0.4 is 4.74 Å². The quantitative estimate of drug-likeness (QED) is 0.577. The Balaban J connectivity index is 2.02. The van der Waals surface area contributed by atoms with Gasteiger partial charge in [-0.15, -0.1) is 11.6 Å². The summed E-state index contributed by atoms with van der Waals surface area (Å²) in [5.74, 6) is 2.08. The first-order valence-electron chi connectivity index (χ1n) is 7.80. The predicted molar refractivity (Wildman–Crippen MR) is 91.5 cm³/mol. The number of alkyl halides is 1. The summed E-state index contributed by atoms with van der Waals surface area (Å²) in [5, 5.41) is 0.693. The fraction of sp³-hybridized carbons (Fsp3) is 0.667. The predicted octanol–water partition coefficient (Wildman–Crippen LogP) is 6.48. The molecule has 21 heavy (non-hydrogen) atoms. The zero-order chi connectivity index (χ0) is 15.6. The lowest BCUT2D eigenvalue weighted by molar-refractivity contribution is 0.148. The van der Waals surface area contributed by atoms with E-state index in [0.29, 0.717) is 22.1 Å². The van der Waals surface area contributed by atoms with Gasteiger partial charge in [0.25, 0.3) is 0 Å². The minimum absolute atomic E-state index is 0.0503. The monoisotopic (exact) mass is 328 g/mol. The summed E-state index contributed by atoms with van der Waals surface area (Å²) < 4.78 is 5.20. The minimum atomic E-state index is 0.0503. The lowest BCUT2D eigenvalue weighted by Crippen LogP contribution is -2.27. The molecule has 1 aliphatic rings. The number of hydrogen-bond donors (Lipinski definition) is 0. The van der Waals surface area contributed by atoms with Crippen LogP contribution in [0.5, 0.6) is 5.75 Å². The van der Waals surface area contributed by atoms with Crippen LogP contribution >= 0.6 is 23.2 Å². The van der Waals surface area contributed by atoms with Crippen LogP contribution in [0.3, 0.4) is 0 Å². The molecule has 0 amide bonds. The van der Waals surface area contributed by atoms with Gasteiger partial charge in [-0.25, -0.2) is 0 Å². The molecule has 0 radical (unpaired) electrons. The van der Waals surface area contributed by atoms with E-state index in [4.69, 9.17) is 27.9 Å². The number of halogens is 2. The molecule has 2 rings (SSSR count). The maximum absolute atomic E-state index is 6.72. The maximum Gasteiger partial charge on any atom is 0.137 e. The third kappa shape index (κ3) is 4.07. The molecule has 0 spiro atoms. The number of methoxy groups -OCH3 is 1. The minimum Gasteiger partial charge on any atom is -0.495 e. The SMILES string of the molecule is COc1ccc(C(Cl)C2CCC(C(C)(C)C)CC2)cc1Cl. The molecule has 0 aliphatic heterocycles. The second-order valence-corrected chi connectivity index (χ2v) is 8.15. The zero-order valence-corrected chi connectivity index (χ0v) is 15.0. The molecule has 1 atom stereocenters. The van der Waals surface area contributed by atoms with Crippen LogP contribution in [0.1, 0.15) is 57.4 Å². The molecule has 1 unspecified atom stereocenters. The van der Waals surface area contributed by atoms with E-state index in [0.717, 1.165) is 11.5 Å². The van der Waals surface area contributed by atoms with Crippen molar-refractivity contribution in [3.05, 3.63) is 28.8 Å². The summed E-state index contributed by atoms with van der Waals surface area (Å²) in [6.07, 6.45) is 4.97. The van der Waals surface area contributed by atoms with Crippen LogP contribution in [0.15, 0.2) is 18.2 Å². The highest BCUT2D eigenvalue weighted by molar-refractivity contribution is 6.32. The Kier molecular flexibility index (Phi) is 5.48. The third-order valence-corrected chi connectivity index (χ3v) is 5.81. The van der Waals surface area contributed by atoms with Crippen molar-refractivity contribution in [2.24, 2.45) is 17.3 Å². The molecule has 0 heterocycles. The largest absolute Gasteiger partial charge is 0.495 e. The molecule has 1 aromatic rings. The van der Waals surface area contributed by atoms with Crippen molar-refractivity contribution in [2.45, 2.75) is 51.8 Å². The molecule has 0 N–H and O–H groups in total. The average Bonchev–Trinajstić information content (AvgIpc) is 2.45. The van der Waals surface area contributed by atoms with Crippen molar-refractivity contribution in [1.82, 2.24) is 0 Å². The first kappa shape index (κ1) is 17.0. The molecular formula is C18H26Cl2O. The van der Waals surface area contributed by atoms with E-state index in [9.17, 15) is 0 Å². The molecule has 1 nitrogen and oxygen atoms in total. The highest BCUT2D eigenvalue weighted by Gasteiger charge is 2.32. The fourth-order valence-corrected chi connectivity index (χ4v) is 4.06. The molecule has 1 saturated carbocycles. The number of ether oxygens (including phenoxy) is 1.